The first-order valence-electron chi connectivity index (χ1n) is 8.80. The number of nitrogens with one attached hydrogen (secondary N) is 1. The summed E-state index contributed by atoms with van der Waals surface area (Å²) in [5, 5.41) is 3.30. The molecule has 0 saturated carbocycles. The van der Waals surface area contributed by atoms with Gasteiger partial charge in [-0.25, -0.2) is 13.8 Å². The number of halogens is 2. The molecule has 28 heavy (non-hydrogen) atoms. The van der Waals surface area contributed by atoms with E-state index in [-0.39, 0.29) is 28.5 Å². The third-order valence-corrected chi connectivity index (χ3v) is 5.19. The number of fused-ring (bicyclic) bond motifs is 1. The average Bonchev–Trinajstić information content (AvgIpc) is 2.67. The molecule has 0 aliphatic heterocycles. The van der Waals surface area contributed by atoms with Crippen molar-refractivity contribution in [1.82, 2.24) is 14.9 Å². The van der Waals surface area contributed by atoms with Crippen LogP contribution in [0, 0.1) is 11.6 Å². The van der Waals surface area contributed by atoms with E-state index in [9.17, 15) is 18.4 Å². The summed E-state index contributed by atoms with van der Waals surface area (Å²) >= 11 is 1.02. The van der Waals surface area contributed by atoms with Crippen LogP contribution in [0.4, 0.5) is 8.78 Å². The van der Waals surface area contributed by atoms with Gasteiger partial charge in [-0.2, -0.15) is 0 Å². The van der Waals surface area contributed by atoms with Gasteiger partial charge in [0.05, 0.1) is 22.3 Å². The fraction of sp³-hybridized carbons (Fsp3) is 0.250. The largest absolute Gasteiger partial charge is 0.353 e. The maximum absolute atomic E-state index is 14.4. The van der Waals surface area contributed by atoms with Gasteiger partial charge in [-0.1, -0.05) is 30.8 Å². The van der Waals surface area contributed by atoms with Gasteiger partial charge in [-0.3, -0.25) is 14.2 Å². The van der Waals surface area contributed by atoms with Gasteiger partial charge >= 0.3 is 0 Å². The summed E-state index contributed by atoms with van der Waals surface area (Å²) in [7, 11) is 0. The maximum Gasteiger partial charge on any atom is 0.266 e. The maximum atomic E-state index is 14.4. The lowest BCUT2D eigenvalue weighted by Crippen LogP contribution is -2.33. The summed E-state index contributed by atoms with van der Waals surface area (Å²) in [6, 6.07) is 9.68. The molecule has 5 nitrogen and oxygen atoms in total. The smallest absolute Gasteiger partial charge is 0.266 e. The highest BCUT2D eigenvalue weighted by atomic mass is 32.2. The normalized spacial score (nSPS) is 12.1. The first-order chi connectivity index (χ1) is 13.4. The number of amides is 1. The van der Waals surface area contributed by atoms with Crippen molar-refractivity contribution in [2.75, 3.05) is 5.75 Å². The van der Waals surface area contributed by atoms with E-state index >= 15 is 0 Å². The first-order valence-corrected chi connectivity index (χ1v) is 9.78. The minimum absolute atomic E-state index is 0.0118. The van der Waals surface area contributed by atoms with Crippen molar-refractivity contribution in [1.29, 1.82) is 0 Å². The number of carbonyl (C=O) groups excluding carboxylic acids is 1. The second kappa shape index (κ2) is 8.52. The van der Waals surface area contributed by atoms with Gasteiger partial charge < -0.3 is 5.32 Å². The summed E-state index contributed by atoms with van der Waals surface area (Å²) in [6.45, 7) is 3.85. The van der Waals surface area contributed by atoms with Gasteiger partial charge in [0.1, 0.15) is 11.6 Å². The fourth-order valence-electron chi connectivity index (χ4n) is 2.63. The van der Waals surface area contributed by atoms with Crippen LogP contribution in [-0.2, 0) is 4.79 Å². The topological polar surface area (TPSA) is 64.0 Å². The quantitative estimate of drug-likeness (QED) is 0.504. The minimum Gasteiger partial charge on any atom is -0.353 e. The lowest BCUT2D eigenvalue weighted by atomic mass is 10.2. The van der Waals surface area contributed by atoms with Crippen molar-refractivity contribution in [2.45, 2.75) is 31.5 Å². The molecular formula is C20H19F2N3O2S. The number of thioether (sulfide) groups is 1. The molecule has 0 bridgehead atoms. The lowest BCUT2D eigenvalue weighted by Gasteiger charge is -2.15. The Hall–Kier alpha value is -2.74. The summed E-state index contributed by atoms with van der Waals surface area (Å²) < 4.78 is 28.8. The number of para-hydroxylation sites is 1. The van der Waals surface area contributed by atoms with Crippen molar-refractivity contribution < 1.29 is 13.6 Å². The Morgan fingerprint density at radius 2 is 2.00 bits per heavy atom. The Kier molecular flexibility index (Phi) is 6.08. The highest BCUT2D eigenvalue weighted by molar-refractivity contribution is 7.99. The third-order valence-electron chi connectivity index (χ3n) is 4.25. The van der Waals surface area contributed by atoms with Crippen LogP contribution in [0.3, 0.4) is 0 Å². The van der Waals surface area contributed by atoms with Gasteiger partial charge in [0.2, 0.25) is 5.91 Å². The Morgan fingerprint density at radius 3 is 2.71 bits per heavy atom. The molecule has 1 atom stereocenters. The van der Waals surface area contributed by atoms with Gasteiger partial charge in [0, 0.05) is 12.1 Å². The van der Waals surface area contributed by atoms with E-state index in [1.807, 2.05) is 13.8 Å². The van der Waals surface area contributed by atoms with Crippen LogP contribution in [-0.4, -0.2) is 27.3 Å². The highest BCUT2D eigenvalue weighted by Crippen LogP contribution is 2.23. The number of hydrogen-bond donors (Lipinski definition) is 1. The molecule has 0 unspecified atom stereocenters. The molecule has 0 aliphatic carbocycles. The molecule has 0 spiro atoms. The monoisotopic (exact) mass is 403 g/mol. The number of carbonyl (C=O) groups is 1. The molecule has 8 heteroatoms. The lowest BCUT2D eigenvalue weighted by molar-refractivity contribution is -0.119. The molecule has 3 rings (SSSR count). The van der Waals surface area contributed by atoms with Crippen LogP contribution in [0.2, 0.25) is 0 Å². The summed E-state index contributed by atoms with van der Waals surface area (Å²) in [6.07, 6.45) is 0.788. The molecule has 146 valence electrons. The number of rotatable bonds is 6. The Balaban J connectivity index is 2.07. The molecule has 1 amide bonds. The van der Waals surface area contributed by atoms with Gasteiger partial charge in [0.25, 0.3) is 5.56 Å². The van der Waals surface area contributed by atoms with Crippen molar-refractivity contribution >= 4 is 28.6 Å². The van der Waals surface area contributed by atoms with Crippen LogP contribution in [0.15, 0.2) is 52.4 Å². The van der Waals surface area contributed by atoms with Gasteiger partial charge in [-0.15, -0.1) is 0 Å². The van der Waals surface area contributed by atoms with Crippen molar-refractivity contribution in [3.63, 3.8) is 0 Å². The predicted octanol–water partition coefficient (Wildman–Crippen LogP) is 3.67. The van der Waals surface area contributed by atoms with E-state index in [1.165, 1.54) is 6.07 Å². The van der Waals surface area contributed by atoms with Crippen LogP contribution < -0.4 is 10.9 Å². The first kappa shape index (κ1) is 20.0. The zero-order chi connectivity index (χ0) is 20.3. The van der Waals surface area contributed by atoms with Crippen LogP contribution in [0.25, 0.3) is 16.6 Å². The van der Waals surface area contributed by atoms with Crippen molar-refractivity contribution in [3.8, 4) is 5.69 Å². The summed E-state index contributed by atoms with van der Waals surface area (Å²) in [5.41, 5.74) is -0.161. The SMILES string of the molecule is CC[C@H](C)NC(=O)CSc1nc2ccccc2c(=O)n1-c1ccc(F)cc1F. The molecular weight excluding hydrogens is 384 g/mol. The van der Waals surface area contributed by atoms with E-state index in [0.717, 1.165) is 28.8 Å². The summed E-state index contributed by atoms with van der Waals surface area (Å²) in [4.78, 5) is 29.6. The van der Waals surface area contributed by atoms with Crippen LogP contribution in [0.5, 0.6) is 0 Å². The van der Waals surface area contributed by atoms with Crippen molar-refractivity contribution in [2.24, 2.45) is 0 Å². The number of aromatic nitrogens is 2. The number of benzene rings is 2. The van der Waals surface area contributed by atoms with E-state index in [2.05, 4.69) is 10.3 Å². The number of nitrogens with zero attached hydrogens (tertiary/aromatic N) is 2. The molecule has 1 N–H and O–H groups in total. The van der Waals surface area contributed by atoms with Gasteiger partial charge in [0.15, 0.2) is 5.16 Å². The zero-order valence-electron chi connectivity index (χ0n) is 15.4. The molecule has 0 aliphatic rings. The molecule has 2 aromatic carbocycles. The van der Waals surface area contributed by atoms with Crippen molar-refractivity contribution in [3.05, 3.63) is 64.5 Å². The molecule has 3 aromatic rings. The van der Waals surface area contributed by atoms with E-state index in [1.54, 1.807) is 24.3 Å². The second-order valence-electron chi connectivity index (χ2n) is 6.31. The highest BCUT2D eigenvalue weighted by Gasteiger charge is 2.18. The van der Waals surface area contributed by atoms with Gasteiger partial charge in [-0.05, 0) is 37.6 Å². The molecule has 0 saturated heterocycles. The minimum atomic E-state index is -0.884. The third kappa shape index (κ3) is 4.22. The molecule has 0 radical (unpaired) electrons. The Morgan fingerprint density at radius 1 is 1.25 bits per heavy atom. The average molecular weight is 403 g/mol. The van der Waals surface area contributed by atoms with Crippen LogP contribution >= 0.6 is 11.8 Å². The number of hydrogen-bond acceptors (Lipinski definition) is 4. The Bertz CT molecular complexity index is 1080. The van der Waals surface area contributed by atoms with E-state index in [0.29, 0.717) is 17.0 Å². The van der Waals surface area contributed by atoms with E-state index in [4.69, 9.17) is 0 Å². The van der Waals surface area contributed by atoms with E-state index < -0.39 is 17.2 Å². The van der Waals surface area contributed by atoms with Crippen LogP contribution in [0.1, 0.15) is 20.3 Å². The fourth-order valence-corrected chi connectivity index (χ4v) is 3.45. The predicted molar refractivity (Wildman–Crippen MR) is 106 cm³/mol. The molecule has 1 aromatic heterocycles. The summed E-state index contributed by atoms with van der Waals surface area (Å²) in [5.74, 6) is -1.83. The second-order valence-corrected chi connectivity index (χ2v) is 7.26. The standard InChI is InChI=1S/C20H19F2N3O2S/c1-3-12(2)23-18(26)11-28-20-24-16-7-5-4-6-14(16)19(27)25(20)17-9-8-13(21)10-15(17)22/h4-10,12H,3,11H2,1-2H3,(H,23,26)/t12-/m0/s1. The zero-order valence-corrected chi connectivity index (χ0v) is 16.2. The molecule has 0 fully saturated rings. The molecule has 1 heterocycles. The Labute approximate surface area is 164 Å².